The topological polar surface area (TPSA) is 61.4 Å². The molecule has 0 saturated heterocycles. The third-order valence-electron chi connectivity index (χ3n) is 1.57. The molecule has 6 heteroatoms. The highest BCUT2D eigenvalue weighted by Crippen LogP contribution is 2.21. The second-order valence-corrected chi connectivity index (χ2v) is 3.14. The fourth-order valence-electron chi connectivity index (χ4n) is 0.929. The van der Waals surface area contributed by atoms with E-state index in [0.29, 0.717) is 0 Å². The molecular formula is C9H10ClFN2O2. The van der Waals surface area contributed by atoms with Gasteiger partial charge in [0.05, 0.1) is 17.3 Å². The van der Waals surface area contributed by atoms with Crippen LogP contribution in [-0.4, -0.2) is 24.3 Å². The van der Waals surface area contributed by atoms with Crippen molar-refractivity contribution < 1.29 is 14.3 Å². The van der Waals surface area contributed by atoms with Crippen molar-refractivity contribution in [3.8, 4) is 0 Å². The normalized spacial score (nSPS) is 9.80. The third-order valence-corrected chi connectivity index (χ3v) is 1.90. The number of anilines is 1. The first-order chi connectivity index (χ1) is 7.13. The van der Waals surface area contributed by atoms with Gasteiger partial charge in [-0.05, 0) is 18.2 Å². The first-order valence-electron chi connectivity index (χ1n) is 4.24. The maximum Gasteiger partial charge on any atom is 0.319 e. The van der Waals surface area contributed by atoms with Crippen LogP contribution in [0.5, 0.6) is 0 Å². The number of hydrogen-bond acceptors (Lipinski definition) is 2. The number of aliphatic hydroxyl groups is 1. The van der Waals surface area contributed by atoms with Crippen molar-refractivity contribution >= 4 is 23.3 Å². The van der Waals surface area contributed by atoms with Gasteiger partial charge < -0.3 is 15.7 Å². The summed E-state index contributed by atoms with van der Waals surface area (Å²) in [4.78, 5) is 11.1. The maximum atomic E-state index is 12.8. The molecule has 15 heavy (non-hydrogen) atoms. The van der Waals surface area contributed by atoms with E-state index in [4.69, 9.17) is 16.7 Å². The van der Waals surface area contributed by atoms with E-state index in [-0.39, 0.29) is 23.9 Å². The first-order valence-corrected chi connectivity index (χ1v) is 4.62. The zero-order valence-electron chi connectivity index (χ0n) is 7.76. The van der Waals surface area contributed by atoms with Gasteiger partial charge in [-0.15, -0.1) is 0 Å². The Morgan fingerprint density at radius 2 is 2.27 bits per heavy atom. The molecular weight excluding hydrogens is 223 g/mol. The van der Waals surface area contributed by atoms with Gasteiger partial charge in [0.2, 0.25) is 0 Å². The molecule has 0 bridgehead atoms. The van der Waals surface area contributed by atoms with E-state index in [0.717, 1.165) is 6.07 Å². The number of carbonyl (C=O) groups is 1. The molecule has 2 amide bonds. The predicted molar refractivity (Wildman–Crippen MR) is 55.5 cm³/mol. The number of benzene rings is 1. The van der Waals surface area contributed by atoms with Crippen molar-refractivity contribution in [3.05, 3.63) is 29.0 Å². The standard InChI is InChI=1S/C9H10ClFN2O2/c10-7-2-1-6(11)5-8(7)13-9(15)12-3-4-14/h1-2,5,14H,3-4H2,(H2,12,13,15). The van der Waals surface area contributed by atoms with Gasteiger partial charge in [0.1, 0.15) is 5.82 Å². The molecule has 1 rings (SSSR count). The van der Waals surface area contributed by atoms with E-state index in [9.17, 15) is 9.18 Å². The van der Waals surface area contributed by atoms with Crippen LogP contribution in [0.2, 0.25) is 5.02 Å². The number of rotatable bonds is 3. The van der Waals surface area contributed by atoms with Crippen LogP contribution in [0.25, 0.3) is 0 Å². The van der Waals surface area contributed by atoms with Gasteiger partial charge in [0.15, 0.2) is 0 Å². The molecule has 0 unspecified atom stereocenters. The summed E-state index contributed by atoms with van der Waals surface area (Å²) in [6.45, 7) is -0.0386. The van der Waals surface area contributed by atoms with Gasteiger partial charge >= 0.3 is 6.03 Å². The van der Waals surface area contributed by atoms with Crippen LogP contribution < -0.4 is 10.6 Å². The van der Waals surface area contributed by atoms with Crippen molar-refractivity contribution in [1.82, 2.24) is 5.32 Å². The molecule has 0 aliphatic rings. The molecule has 4 nitrogen and oxygen atoms in total. The molecule has 0 radical (unpaired) electrons. The van der Waals surface area contributed by atoms with Crippen molar-refractivity contribution in [3.63, 3.8) is 0 Å². The summed E-state index contributed by atoms with van der Waals surface area (Å²) in [5, 5.41) is 13.4. The fraction of sp³-hybridized carbons (Fsp3) is 0.222. The molecule has 1 aromatic carbocycles. The summed E-state index contributed by atoms with van der Waals surface area (Å²) in [7, 11) is 0. The minimum absolute atomic E-state index is 0.124. The average Bonchev–Trinajstić information content (AvgIpc) is 2.20. The van der Waals surface area contributed by atoms with Gasteiger partial charge in [0, 0.05) is 6.54 Å². The molecule has 1 aromatic rings. The Hall–Kier alpha value is -1.33. The minimum atomic E-state index is -0.545. The van der Waals surface area contributed by atoms with Crippen LogP contribution in [0.15, 0.2) is 18.2 Å². The number of nitrogens with one attached hydrogen (secondary N) is 2. The summed E-state index contributed by atoms with van der Waals surface area (Å²) in [6.07, 6.45) is 0. The molecule has 0 aliphatic heterocycles. The highest BCUT2D eigenvalue weighted by Gasteiger charge is 2.05. The highest BCUT2D eigenvalue weighted by molar-refractivity contribution is 6.33. The second-order valence-electron chi connectivity index (χ2n) is 2.73. The Labute approximate surface area is 91.1 Å². The molecule has 0 heterocycles. The third kappa shape index (κ3) is 3.73. The summed E-state index contributed by atoms with van der Waals surface area (Å²) >= 11 is 5.72. The van der Waals surface area contributed by atoms with E-state index >= 15 is 0 Å². The predicted octanol–water partition coefficient (Wildman–Crippen LogP) is 1.59. The van der Waals surface area contributed by atoms with E-state index in [1.165, 1.54) is 12.1 Å². The van der Waals surface area contributed by atoms with Crippen LogP contribution in [0, 0.1) is 5.82 Å². The Morgan fingerprint density at radius 3 is 2.93 bits per heavy atom. The molecule has 0 saturated carbocycles. The monoisotopic (exact) mass is 232 g/mol. The Morgan fingerprint density at radius 1 is 1.53 bits per heavy atom. The zero-order valence-corrected chi connectivity index (χ0v) is 8.51. The lowest BCUT2D eigenvalue weighted by molar-refractivity contribution is 0.245. The summed E-state index contributed by atoms with van der Waals surface area (Å²) < 4.78 is 12.8. The fourth-order valence-corrected chi connectivity index (χ4v) is 1.09. The molecule has 3 N–H and O–H groups in total. The van der Waals surface area contributed by atoms with E-state index in [1.807, 2.05) is 0 Å². The van der Waals surface area contributed by atoms with E-state index in [2.05, 4.69) is 10.6 Å². The lowest BCUT2D eigenvalue weighted by Gasteiger charge is -2.07. The Kier molecular flexibility index (Phi) is 4.33. The first kappa shape index (κ1) is 11.7. The molecule has 0 spiro atoms. The van der Waals surface area contributed by atoms with Crippen molar-refractivity contribution in [2.24, 2.45) is 0 Å². The van der Waals surface area contributed by atoms with Crippen molar-refractivity contribution in [1.29, 1.82) is 0 Å². The number of carbonyl (C=O) groups excluding carboxylic acids is 1. The van der Waals surface area contributed by atoms with Gasteiger partial charge in [-0.25, -0.2) is 9.18 Å². The lowest BCUT2D eigenvalue weighted by Crippen LogP contribution is -2.31. The van der Waals surface area contributed by atoms with Crippen LogP contribution in [0.3, 0.4) is 0 Å². The molecule has 82 valence electrons. The van der Waals surface area contributed by atoms with Crippen LogP contribution >= 0.6 is 11.6 Å². The average molecular weight is 233 g/mol. The second kappa shape index (κ2) is 5.53. The SMILES string of the molecule is O=C(NCCO)Nc1cc(F)ccc1Cl. The van der Waals surface area contributed by atoms with E-state index < -0.39 is 11.8 Å². The summed E-state index contributed by atoms with van der Waals surface area (Å²) in [5.74, 6) is -0.489. The smallest absolute Gasteiger partial charge is 0.319 e. The Balaban J connectivity index is 2.63. The van der Waals surface area contributed by atoms with Gasteiger partial charge in [0.25, 0.3) is 0 Å². The van der Waals surface area contributed by atoms with Crippen molar-refractivity contribution in [2.45, 2.75) is 0 Å². The lowest BCUT2D eigenvalue weighted by atomic mass is 10.3. The van der Waals surface area contributed by atoms with Crippen LogP contribution in [0.4, 0.5) is 14.9 Å². The Bertz CT molecular complexity index is 360. The highest BCUT2D eigenvalue weighted by atomic mass is 35.5. The summed E-state index contributed by atoms with van der Waals surface area (Å²) in [5.41, 5.74) is 0.187. The maximum absolute atomic E-state index is 12.8. The molecule has 0 atom stereocenters. The molecule has 0 fully saturated rings. The minimum Gasteiger partial charge on any atom is -0.395 e. The molecule has 0 aromatic heterocycles. The van der Waals surface area contributed by atoms with Crippen LogP contribution in [0.1, 0.15) is 0 Å². The zero-order chi connectivity index (χ0) is 11.3. The van der Waals surface area contributed by atoms with Crippen LogP contribution in [-0.2, 0) is 0 Å². The number of amides is 2. The number of urea groups is 1. The van der Waals surface area contributed by atoms with Gasteiger partial charge in [-0.2, -0.15) is 0 Å². The van der Waals surface area contributed by atoms with E-state index in [1.54, 1.807) is 0 Å². The number of halogens is 2. The number of aliphatic hydroxyl groups excluding tert-OH is 1. The quantitative estimate of drug-likeness (QED) is 0.741. The van der Waals surface area contributed by atoms with Gasteiger partial charge in [-0.1, -0.05) is 11.6 Å². The number of hydrogen-bond donors (Lipinski definition) is 3. The van der Waals surface area contributed by atoms with Crippen molar-refractivity contribution in [2.75, 3.05) is 18.5 Å². The largest absolute Gasteiger partial charge is 0.395 e. The van der Waals surface area contributed by atoms with Gasteiger partial charge in [-0.3, -0.25) is 0 Å². The molecule has 0 aliphatic carbocycles. The summed E-state index contributed by atoms with van der Waals surface area (Å²) in [6, 6.07) is 3.11.